The normalized spacial score (nSPS) is 20.0. The first-order valence-corrected chi connectivity index (χ1v) is 3.85. The highest BCUT2D eigenvalue weighted by molar-refractivity contribution is 6.98. The first-order valence-electron chi connectivity index (χ1n) is 1.28. The van der Waals surface area contributed by atoms with Crippen molar-refractivity contribution in [3.8, 4) is 0 Å². The second kappa shape index (κ2) is 0.947. The van der Waals surface area contributed by atoms with Crippen LogP contribution in [-0.2, 0) is 0 Å². The van der Waals surface area contributed by atoms with Crippen molar-refractivity contribution in [1.82, 2.24) is 0 Å². The zero-order chi connectivity index (χ0) is 2.83. The minimum atomic E-state index is 1.21. The van der Waals surface area contributed by atoms with Crippen molar-refractivity contribution in [3.63, 3.8) is 0 Å². The van der Waals surface area contributed by atoms with Crippen LogP contribution in [0.3, 0.4) is 0 Å². The van der Waals surface area contributed by atoms with E-state index >= 15 is 0 Å². The molecule has 0 unspecified atom stereocenters. The van der Waals surface area contributed by atoms with Crippen LogP contribution in [0.4, 0.5) is 0 Å². The Kier molecular flexibility index (Phi) is 0.600. The average Bonchev–Trinajstić information content (AvgIpc) is 0.722. The molecular formula is C2H3Si2. The molecule has 0 fully saturated rings. The highest BCUT2D eigenvalue weighted by Gasteiger charge is 1.85. The average molecular weight is 83.2 g/mol. The molecule has 0 aromatic carbocycles. The zero-order valence-corrected chi connectivity index (χ0v) is 4.28. The summed E-state index contributed by atoms with van der Waals surface area (Å²) >= 11 is 0. The first-order chi connectivity index (χ1) is 2.00. The molecule has 0 bridgehead atoms. The molecule has 1 rings (SSSR count). The lowest BCUT2D eigenvalue weighted by molar-refractivity contribution is 2.07. The van der Waals surface area contributed by atoms with Crippen molar-refractivity contribution < 1.29 is 0 Å². The van der Waals surface area contributed by atoms with Crippen molar-refractivity contribution in [1.29, 1.82) is 0 Å². The van der Waals surface area contributed by atoms with Gasteiger partial charge in [0, 0.05) is 9.13 Å². The van der Waals surface area contributed by atoms with Crippen molar-refractivity contribution in [2.75, 3.05) is 0 Å². The van der Waals surface area contributed by atoms with Gasteiger partial charge >= 0.3 is 0 Å². The van der Waals surface area contributed by atoms with Gasteiger partial charge in [0.25, 0.3) is 0 Å². The van der Waals surface area contributed by atoms with Gasteiger partial charge in [-0.25, -0.2) is 0 Å². The van der Waals surface area contributed by atoms with E-state index in [1.807, 2.05) is 0 Å². The number of rotatable bonds is 0. The van der Waals surface area contributed by atoms with Crippen molar-refractivity contribution in [2.24, 2.45) is 0 Å². The highest BCUT2D eigenvalue weighted by Crippen LogP contribution is 1.71. The summed E-state index contributed by atoms with van der Waals surface area (Å²) in [5.74, 6) is 0. The summed E-state index contributed by atoms with van der Waals surface area (Å²) in [6.07, 6.45) is 0. The molecule has 1 aliphatic heterocycles. The van der Waals surface area contributed by atoms with E-state index in [-0.39, 0.29) is 0 Å². The lowest BCUT2D eigenvalue weighted by Crippen LogP contribution is -2.07. The second-order valence-electron chi connectivity index (χ2n) is 0.729. The molecule has 1 heterocycles. The van der Waals surface area contributed by atoms with Crippen LogP contribution in [0.15, 0.2) is 0 Å². The lowest BCUT2D eigenvalue weighted by atomic mass is 11.8. The molecule has 4 heavy (non-hydrogen) atoms. The largest absolute Gasteiger partial charge is 0.117 e. The van der Waals surface area contributed by atoms with Gasteiger partial charge in [0.15, 0.2) is 0 Å². The molecule has 0 saturated heterocycles. The monoisotopic (exact) mass is 83.0 g/mol. The van der Waals surface area contributed by atoms with E-state index in [0.717, 1.165) is 0 Å². The standard InChI is InChI=1S/C2H3Si2/c1-3-2-4-1/h1H,2H2. The van der Waals surface area contributed by atoms with Gasteiger partial charge in [0.2, 0.25) is 0 Å². The SMILES string of the molecule is C1=[Si]C[Si]1. The summed E-state index contributed by atoms with van der Waals surface area (Å²) in [6, 6.07) is 0. The smallest absolute Gasteiger partial charge is 0.0646 e. The van der Waals surface area contributed by atoms with E-state index in [1.165, 1.54) is 24.3 Å². The number of hydrogen-bond donors (Lipinski definition) is 0. The summed E-state index contributed by atoms with van der Waals surface area (Å²) in [5.41, 5.74) is 1.50. The van der Waals surface area contributed by atoms with E-state index in [0.29, 0.717) is 0 Å². The van der Waals surface area contributed by atoms with Gasteiger partial charge in [-0.05, 0) is 5.67 Å². The molecule has 0 aromatic heterocycles. The van der Waals surface area contributed by atoms with Gasteiger partial charge < -0.3 is 0 Å². The molecule has 0 spiro atoms. The number of hydrogen-bond acceptors (Lipinski definition) is 0. The van der Waals surface area contributed by atoms with Gasteiger partial charge in [-0.1, -0.05) is 0 Å². The Morgan fingerprint density at radius 3 is 2.00 bits per heavy atom. The predicted molar refractivity (Wildman–Crippen MR) is 22.4 cm³/mol. The summed E-state index contributed by atoms with van der Waals surface area (Å²) in [4.78, 5) is 0. The second-order valence-corrected chi connectivity index (χ2v) is 4.11. The predicted octanol–water partition coefficient (Wildman–Crippen LogP) is -0.456. The Morgan fingerprint density at radius 2 is 2.00 bits per heavy atom. The maximum absolute atomic E-state index is 2.36. The van der Waals surface area contributed by atoms with Crippen molar-refractivity contribution >= 4 is 23.9 Å². The van der Waals surface area contributed by atoms with Crippen LogP contribution >= 0.6 is 0 Å². The molecule has 0 nitrogen and oxygen atoms in total. The van der Waals surface area contributed by atoms with E-state index in [9.17, 15) is 0 Å². The van der Waals surface area contributed by atoms with Crippen LogP contribution in [-0.4, -0.2) is 23.9 Å². The summed E-state index contributed by atoms with van der Waals surface area (Å²) < 4.78 is 0. The highest BCUT2D eigenvalue weighted by atomic mass is 28.3. The molecule has 0 aliphatic carbocycles. The molecule has 0 saturated carbocycles. The fourth-order valence-electron chi connectivity index (χ4n) is 0.102. The molecule has 3 radical (unpaired) electrons. The van der Waals surface area contributed by atoms with Gasteiger partial charge in [-0.2, -0.15) is 0 Å². The third kappa shape index (κ3) is 0.211. The topological polar surface area (TPSA) is 0 Å². The van der Waals surface area contributed by atoms with Gasteiger partial charge in [-0.15, -0.1) is 5.30 Å². The van der Waals surface area contributed by atoms with E-state index in [4.69, 9.17) is 0 Å². The van der Waals surface area contributed by atoms with Gasteiger partial charge in [0.05, 0.1) is 9.52 Å². The van der Waals surface area contributed by atoms with Crippen LogP contribution in [0.2, 0.25) is 5.67 Å². The summed E-state index contributed by atoms with van der Waals surface area (Å²) in [6.45, 7) is 0. The van der Waals surface area contributed by atoms with Gasteiger partial charge in [-0.3, -0.25) is 0 Å². The summed E-state index contributed by atoms with van der Waals surface area (Å²) in [7, 11) is 2.42. The minimum Gasteiger partial charge on any atom is -0.117 e. The Labute approximate surface area is 30.5 Å². The molecule has 19 valence electrons. The van der Waals surface area contributed by atoms with Crippen molar-refractivity contribution in [3.05, 3.63) is 0 Å². The van der Waals surface area contributed by atoms with Gasteiger partial charge in [0.1, 0.15) is 0 Å². The fraction of sp³-hybridized carbons (Fsp3) is 0.500. The van der Waals surface area contributed by atoms with E-state index < -0.39 is 0 Å². The van der Waals surface area contributed by atoms with Crippen LogP contribution in [0.1, 0.15) is 0 Å². The van der Waals surface area contributed by atoms with Crippen LogP contribution in [0.5, 0.6) is 0 Å². The van der Waals surface area contributed by atoms with Crippen LogP contribution < -0.4 is 0 Å². The first kappa shape index (κ1) is 2.54. The maximum Gasteiger partial charge on any atom is 0.0646 e. The molecule has 0 aromatic rings. The third-order valence-electron chi connectivity index (χ3n) is 0.408. The quantitative estimate of drug-likeness (QED) is 0.348. The molecule has 0 atom stereocenters. The van der Waals surface area contributed by atoms with Crippen LogP contribution in [0.25, 0.3) is 0 Å². The maximum atomic E-state index is 2.36. The van der Waals surface area contributed by atoms with E-state index in [1.54, 1.807) is 0 Å². The van der Waals surface area contributed by atoms with Crippen molar-refractivity contribution in [2.45, 2.75) is 5.67 Å². The summed E-state index contributed by atoms with van der Waals surface area (Å²) in [5, 5.41) is 2.36. The molecule has 0 N–H and O–H groups in total. The van der Waals surface area contributed by atoms with Crippen LogP contribution in [0, 0.1) is 0 Å². The molecular weight excluding hydrogens is 80.2 g/mol. The molecule has 1 aliphatic rings. The Morgan fingerprint density at radius 1 is 1.75 bits per heavy atom. The Hall–Kier alpha value is 0.304. The third-order valence-corrected chi connectivity index (χ3v) is 3.67. The Bertz CT molecular complexity index is 33.3. The molecule has 2 heteroatoms. The minimum absolute atomic E-state index is 1.21. The Balaban J connectivity index is 2.47. The molecule has 0 amide bonds. The fourth-order valence-corrected chi connectivity index (χ4v) is 0.919. The zero-order valence-electron chi connectivity index (χ0n) is 2.28. The lowest BCUT2D eigenvalue weighted by Gasteiger charge is -1.88. The van der Waals surface area contributed by atoms with E-state index in [2.05, 4.69) is 5.30 Å².